The molecule has 1 heterocycles. The van der Waals surface area contributed by atoms with Crippen molar-refractivity contribution in [3.63, 3.8) is 0 Å². The van der Waals surface area contributed by atoms with E-state index in [4.69, 9.17) is 10.5 Å². The van der Waals surface area contributed by atoms with Gasteiger partial charge in [0.15, 0.2) is 5.69 Å². The van der Waals surface area contributed by atoms with Crippen LogP contribution in [0.3, 0.4) is 0 Å². The summed E-state index contributed by atoms with van der Waals surface area (Å²) >= 11 is 0. The van der Waals surface area contributed by atoms with Gasteiger partial charge >= 0.3 is 6.18 Å². The first-order valence-electron chi connectivity index (χ1n) is 8.57. The number of benzene rings is 2. The molecular formula is C21H18F3N3O2. The van der Waals surface area contributed by atoms with E-state index >= 15 is 0 Å². The van der Waals surface area contributed by atoms with Crippen LogP contribution in [0, 0.1) is 0 Å². The Kier molecular flexibility index (Phi) is 5.45. The van der Waals surface area contributed by atoms with Gasteiger partial charge in [-0.15, -0.1) is 0 Å². The Hall–Kier alpha value is -3.55. The molecule has 0 fully saturated rings. The Morgan fingerprint density at radius 2 is 1.83 bits per heavy atom. The summed E-state index contributed by atoms with van der Waals surface area (Å²) in [5.74, 6) is -0.504. The van der Waals surface area contributed by atoms with Gasteiger partial charge in [-0.05, 0) is 30.2 Å². The monoisotopic (exact) mass is 401 g/mol. The standard InChI is InChI=1S/C21H18F3N3O2/c1-12(2)11-29-14-8-9-15(16(28)10-14)18-17(13-6-4-3-5-7-13)19(21(22,23)24)27-20(25)26-18/h3-10,28H,1,11H2,2H3,(H2,25,26,27). The zero-order valence-corrected chi connectivity index (χ0v) is 15.5. The first kappa shape index (κ1) is 20.2. The maximum absolute atomic E-state index is 13.7. The van der Waals surface area contributed by atoms with E-state index in [2.05, 4.69) is 16.5 Å². The minimum absolute atomic E-state index is 0.0751. The number of hydrogen-bond donors (Lipinski definition) is 2. The van der Waals surface area contributed by atoms with Crippen molar-refractivity contribution in [2.75, 3.05) is 12.3 Å². The summed E-state index contributed by atoms with van der Waals surface area (Å²) in [5, 5.41) is 10.5. The van der Waals surface area contributed by atoms with Gasteiger partial charge in [0, 0.05) is 17.2 Å². The zero-order chi connectivity index (χ0) is 21.2. The Balaban J connectivity index is 2.22. The highest BCUT2D eigenvalue weighted by Gasteiger charge is 2.38. The van der Waals surface area contributed by atoms with Gasteiger partial charge < -0.3 is 15.6 Å². The van der Waals surface area contributed by atoms with E-state index in [1.807, 2.05) is 0 Å². The lowest BCUT2D eigenvalue weighted by molar-refractivity contribution is -0.140. The molecule has 0 spiro atoms. The van der Waals surface area contributed by atoms with E-state index < -0.39 is 17.8 Å². The van der Waals surface area contributed by atoms with Gasteiger partial charge in [-0.3, -0.25) is 0 Å². The van der Waals surface area contributed by atoms with Gasteiger partial charge in [0.05, 0.1) is 5.69 Å². The number of nitrogen functional groups attached to an aromatic ring is 1. The van der Waals surface area contributed by atoms with Crippen molar-refractivity contribution >= 4 is 5.95 Å². The van der Waals surface area contributed by atoms with Crippen molar-refractivity contribution in [3.8, 4) is 33.9 Å². The average Bonchev–Trinajstić information content (AvgIpc) is 2.66. The van der Waals surface area contributed by atoms with Gasteiger partial charge in [-0.25, -0.2) is 9.97 Å². The number of rotatable bonds is 5. The molecule has 0 amide bonds. The molecule has 8 heteroatoms. The summed E-state index contributed by atoms with van der Waals surface area (Å²) in [6.45, 7) is 5.74. The SMILES string of the molecule is C=C(C)COc1ccc(-c2nc(N)nc(C(F)(F)F)c2-c2ccccc2)c(O)c1. The summed E-state index contributed by atoms with van der Waals surface area (Å²) in [6, 6.07) is 12.2. The van der Waals surface area contributed by atoms with E-state index in [0.29, 0.717) is 5.75 Å². The van der Waals surface area contributed by atoms with Gasteiger partial charge in [0.25, 0.3) is 0 Å². The van der Waals surface area contributed by atoms with Crippen molar-refractivity contribution in [2.45, 2.75) is 13.1 Å². The van der Waals surface area contributed by atoms with E-state index in [1.165, 1.54) is 30.3 Å². The summed E-state index contributed by atoms with van der Waals surface area (Å²) in [6.07, 6.45) is -4.77. The largest absolute Gasteiger partial charge is 0.507 e. The first-order valence-corrected chi connectivity index (χ1v) is 8.57. The number of anilines is 1. The third-order valence-electron chi connectivity index (χ3n) is 3.97. The molecule has 0 aliphatic carbocycles. The number of aromatic nitrogens is 2. The number of phenolic OH excluding ortho intramolecular Hbond substituents is 1. The van der Waals surface area contributed by atoms with Crippen LogP contribution in [0.2, 0.25) is 0 Å². The van der Waals surface area contributed by atoms with Crippen molar-refractivity contribution in [3.05, 3.63) is 66.4 Å². The highest BCUT2D eigenvalue weighted by atomic mass is 19.4. The molecule has 0 atom stereocenters. The van der Waals surface area contributed by atoms with Crippen LogP contribution < -0.4 is 10.5 Å². The number of alkyl halides is 3. The molecule has 150 valence electrons. The smallest absolute Gasteiger partial charge is 0.434 e. The third-order valence-corrected chi connectivity index (χ3v) is 3.97. The number of ether oxygens (including phenoxy) is 1. The number of nitrogens with two attached hydrogens (primary N) is 1. The molecule has 3 rings (SSSR count). The minimum Gasteiger partial charge on any atom is -0.507 e. The second kappa shape index (κ2) is 7.83. The van der Waals surface area contributed by atoms with Crippen molar-refractivity contribution < 1.29 is 23.0 Å². The van der Waals surface area contributed by atoms with Crippen molar-refractivity contribution in [1.82, 2.24) is 9.97 Å². The molecule has 1 aromatic heterocycles. The number of hydrogen-bond acceptors (Lipinski definition) is 5. The van der Waals surface area contributed by atoms with Crippen LogP contribution in [0.1, 0.15) is 12.6 Å². The quantitative estimate of drug-likeness (QED) is 0.583. The van der Waals surface area contributed by atoms with E-state index in [9.17, 15) is 18.3 Å². The molecule has 0 unspecified atom stereocenters. The summed E-state index contributed by atoms with van der Waals surface area (Å²) in [7, 11) is 0. The molecular weight excluding hydrogens is 383 g/mol. The number of nitrogens with zero attached hydrogens (tertiary/aromatic N) is 2. The minimum atomic E-state index is -4.77. The molecule has 0 aliphatic rings. The Labute approximate surface area is 165 Å². The third kappa shape index (κ3) is 4.48. The molecule has 0 saturated heterocycles. The second-order valence-electron chi connectivity index (χ2n) is 6.44. The van der Waals surface area contributed by atoms with Gasteiger partial charge in [0.2, 0.25) is 5.95 Å². The summed E-state index contributed by atoms with van der Waals surface area (Å²) < 4.78 is 46.6. The topological polar surface area (TPSA) is 81.3 Å². The van der Waals surface area contributed by atoms with Crippen LogP contribution in [0.4, 0.5) is 19.1 Å². The van der Waals surface area contributed by atoms with Gasteiger partial charge in [-0.1, -0.05) is 36.9 Å². The highest BCUT2D eigenvalue weighted by Crippen LogP contribution is 2.43. The molecule has 0 radical (unpaired) electrons. The van der Waals surface area contributed by atoms with Crippen LogP contribution >= 0.6 is 0 Å². The maximum atomic E-state index is 13.7. The Morgan fingerprint density at radius 3 is 2.41 bits per heavy atom. The molecule has 3 aromatic rings. The van der Waals surface area contributed by atoms with Crippen LogP contribution in [-0.4, -0.2) is 21.7 Å². The molecule has 5 nitrogen and oxygen atoms in total. The maximum Gasteiger partial charge on any atom is 0.434 e. The molecule has 0 bridgehead atoms. The Bertz CT molecular complexity index is 1050. The molecule has 2 aromatic carbocycles. The van der Waals surface area contributed by atoms with Gasteiger partial charge in [0.1, 0.15) is 18.1 Å². The normalized spacial score (nSPS) is 11.3. The number of halogens is 3. The fourth-order valence-corrected chi connectivity index (χ4v) is 2.76. The Morgan fingerprint density at radius 1 is 1.14 bits per heavy atom. The second-order valence-corrected chi connectivity index (χ2v) is 6.44. The summed E-state index contributed by atoms with van der Waals surface area (Å²) in [5.41, 5.74) is 5.10. The van der Waals surface area contributed by atoms with Crippen LogP contribution in [0.15, 0.2) is 60.7 Å². The zero-order valence-electron chi connectivity index (χ0n) is 15.5. The van der Waals surface area contributed by atoms with Gasteiger partial charge in [-0.2, -0.15) is 13.2 Å². The molecule has 3 N–H and O–H groups in total. The fraction of sp³-hybridized carbons (Fsp3) is 0.143. The van der Waals surface area contributed by atoms with E-state index in [1.54, 1.807) is 25.1 Å². The van der Waals surface area contributed by atoms with Crippen molar-refractivity contribution in [1.29, 1.82) is 0 Å². The lowest BCUT2D eigenvalue weighted by Crippen LogP contribution is -2.14. The number of aromatic hydroxyl groups is 1. The number of phenols is 1. The van der Waals surface area contributed by atoms with E-state index in [0.717, 1.165) is 5.57 Å². The van der Waals surface area contributed by atoms with Crippen LogP contribution in [0.25, 0.3) is 22.4 Å². The fourth-order valence-electron chi connectivity index (χ4n) is 2.76. The van der Waals surface area contributed by atoms with E-state index in [-0.39, 0.29) is 34.7 Å². The predicted octanol–water partition coefficient (Wildman–Crippen LogP) is 5.07. The first-order chi connectivity index (χ1) is 13.7. The summed E-state index contributed by atoms with van der Waals surface area (Å²) in [4.78, 5) is 7.44. The van der Waals surface area contributed by atoms with Crippen LogP contribution in [-0.2, 0) is 6.18 Å². The predicted molar refractivity (Wildman–Crippen MR) is 104 cm³/mol. The molecule has 0 saturated carbocycles. The lowest BCUT2D eigenvalue weighted by Gasteiger charge is -2.17. The highest BCUT2D eigenvalue weighted by molar-refractivity contribution is 5.86. The van der Waals surface area contributed by atoms with Crippen molar-refractivity contribution in [2.24, 2.45) is 0 Å². The molecule has 0 aliphatic heterocycles. The molecule has 29 heavy (non-hydrogen) atoms. The lowest BCUT2D eigenvalue weighted by atomic mass is 9.96. The average molecular weight is 401 g/mol. The van der Waals surface area contributed by atoms with Crippen LogP contribution in [0.5, 0.6) is 11.5 Å².